The Bertz CT molecular complexity index is 226. The Morgan fingerprint density at radius 1 is 1.35 bits per heavy atom. The molecule has 0 N–H and O–H groups in total. The van der Waals surface area contributed by atoms with E-state index in [1.807, 2.05) is 6.92 Å². The Morgan fingerprint density at radius 2 is 2.06 bits per heavy atom. The van der Waals surface area contributed by atoms with Gasteiger partial charge in [-0.2, -0.15) is 0 Å². The van der Waals surface area contributed by atoms with Crippen LogP contribution in [-0.4, -0.2) is 37.1 Å². The zero-order valence-corrected chi connectivity index (χ0v) is 11.6. The van der Waals surface area contributed by atoms with E-state index in [0.717, 1.165) is 31.3 Å². The summed E-state index contributed by atoms with van der Waals surface area (Å²) in [5.41, 5.74) is 0. The van der Waals surface area contributed by atoms with Crippen molar-refractivity contribution in [1.29, 1.82) is 0 Å². The van der Waals surface area contributed by atoms with Gasteiger partial charge in [-0.1, -0.05) is 6.42 Å². The van der Waals surface area contributed by atoms with Gasteiger partial charge in [-0.3, -0.25) is 4.79 Å². The highest BCUT2D eigenvalue weighted by Gasteiger charge is 2.29. The zero-order valence-electron chi connectivity index (χ0n) is 11.6. The number of rotatable bonds is 9. The van der Waals surface area contributed by atoms with Gasteiger partial charge in [0.2, 0.25) is 0 Å². The van der Waals surface area contributed by atoms with Crippen LogP contribution in [0.25, 0.3) is 0 Å². The largest absolute Gasteiger partial charge is 0.466 e. The van der Waals surface area contributed by atoms with Crippen LogP contribution in [0, 0.1) is 5.92 Å². The van der Waals surface area contributed by atoms with Crippen molar-refractivity contribution in [2.45, 2.75) is 58.4 Å². The highest BCUT2D eigenvalue weighted by atomic mass is 16.5. The predicted molar refractivity (Wildman–Crippen MR) is 69.9 cm³/mol. The molecule has 3 nitrogen and oxygen atoms in total. The van der Waals surface area contributed by atoms with Gasteiger partial charge in [-0.05, 0) is 59.0 Å². The lowest BCUT2D eigenvalue weighted by Crippen LogP contribution is -2.31. The maximum Gasteiger partial charge on any atom is 0.305 e. The number of hydrogen-bond acceptors (Lipinski definition) is 3. The summed E-state index contributed by atoms with van der Waals surface area (Å²) in [6, 6.07) is 0.736. The first-order valence-electron chi connectivity index (χ1n) is 7.01. The van der Waals surface area contributed by atoms with Gasteiger partial charge in [0.05, 0.1) is 6.61 Å². The number of ether oxygens (including phenoxy) is 1. The molecule has 1 rings (SSSR count). The monoisotopic (exact) mass is 241 g/mol. The van der Waals surface area contributed by atoms with Gasteiger partial charge in [0, 0.05) is 12.5 Å². The van der Waals surface area contributed by atoms with Gasteiger partial charge < -0.3 is 9.64 Å². The molecule has 1 saturated carbocycles. The Balaban J connectivity index is 1.94. The van der Waals surface area contributed by atoms with Crippen LogP contribution in [0.4, 0.5) is 0 Å². The zero-order chi connectivity index (χ0) is 12.7. The molecule has 1 aliphatic rings. The molecule has 0 bridgehead atoms. The molecule has 100 valence electrons. The minimum atomic E-state index is -0.0489. The maximum atomic E-state index is 11.1. The number of carbonyl (C=O) groups is 1. The van der Waals surface area contributed by atoms with E-state index in [1.54, 1.807) is 0 Å². The molecule has 1 fully saturated rings. The summed E-state index contributed by atoms with van der Waals surface area (Å²) in [7, 11) is 2.22. The van der Waals surface area contributed by atoms with Crippen molar-refractivity contribution >= 4 is 5.97 Å². The third kappa shape index (κ3) is 6.06. The number of nitrogens with zero attached hydrogens (tertiary/aromatic N) is 1. The number of unbranched alkanes of at least 4 members (excludes halogenated alkanes) is 2. The van der Waals surface area contributed by atoms with E-state index in [-0.39, 0.29) is 5.97 Å². The molecular formula is C14H27NO2. The Labute approximate surface area is 106 Å². The van der Waals surface area contributed by atoms with Crippen molar-refractivity contribution in [2.75, 3.05) is 20.2 Å². The van der Waals surface area contributed by atoms with Crippen LogP contribution in [0.15, 0.2) is 0 Å². The molecule has 0 spiro atoms. The predicted octanol–water partition coefficient (Wildman–Crippen LogP) is 2.84. The molecule has 1 atom stereocenters. The summed E-state index contributed by atoms with van der Waals surface area (Å²) in [5.74, 6) is 0.895. The second-order valence-electron chi connectivity index (χ2n) is 5.17. The maximum absolute atomic E-state index is 11.1. The highest BCUT2D eigenvalue weighted by molar-refractivity contribution is 5.69. The summed E-state index contributed by atoms with van der Waals surface area (Å²) < 4.78 is 4.90. The quantitative estimate of drug-likeness (QED) is 0.459. The Kier molecular flexibility index (Phi) is 6.56. The van der Waals surface area contributed by atoms with Crippen LogP contribution in [0.1, 0.15) is 52.4 Å². The van der Waals surface area contributed by atoms with Crippen molar-refractivity contribution in [1.82, 2.24) is 4.90 Å². The fraction of sp³-hybridized carbons (Fsp3) is 0.929. The molecule has 0 saturated heterocycles. The third-order valence-corrected chi connectivity index (χ3v) is 3.70. The molecule has 1 aliphatic carbocycles. The number of hydrogen-bond donors (Lipinski definition) is 0. The Morgan fingerprint density at radius 3 is 2.65 bits per heavy atom. The van der Waals surface area contributed by atoms with Gasteiger partial charge >= 0.3 is 5.97 Å². The van der Waals surface area contributed by atoms with E-state index in [0.29, 0.717) is 13.0 Å². The topological polar surface area (TPSA) is 29.5 Å². The molecule has 0 aromatic heterocycles. The standard InChI is InChI=1S/C14H27NO2/c1-4-17-14(16)8-6-5-7-11-15(3)12(2)13-9-10-13/h12-13H,4-11H2,1-3H3. The van der Waals surface area contributed by atoms with Crippen LogP contribution in [0.5, 0.6) is 0 Å². The average Bonchev–Trinajstić information content (AvgIpc) is 3.11. The van der Waals surface area contributed by atoms with Gasteiger partial charge in [0.15, 0.2) is 0 Å². The first kappa shape index (κ1) is 14.5. The first-order chi connectivity index (χ1) is 8.15. The molecule has 1 unspecified atom stereocenters. The summed E-state index contributed by atoms with van der Waals surface area (Å²) in [6.07, 6.45) is 6.68. The normalized spacial score (nSPS) is 17.2. The molecule has 3 heteroatoms. The molecule has 0 amide bonds. The van der Waals surface area contributed by atoms with E-state index >= 15 is 0 Å². The highest BCUT2D eigenvalue weighted by Crippen LogP contribution is 2.34. The minimum absolute atomic E-state index is 0.0489. The smallest absolute Gasteiger partial charge is 0.305 e. The van der Waals surface area contributed by atoms with Crippen LogP contribution >= 0.6 is 0 Å². The van der Waals surface area contributed by atoms with Gasteiger partial charge in [-0.25, -0.2) is 0 Å². The molecule has 17 heavy (non-hydrogen) atoms. The SMILES string of the molecule is CCOC(=O)CCCCCN(C)C(C)C1CC1. The molecular weight excluding hydrogens is 214 g/mol. The summed E-state index contributed by atoms with van der Waals surface area (Å²) >= 11 is 0. The third-order valence-electron chi connectivity index (χ3n) is 3.70. The fourth-order valence-electron chi connectivity index (χ4n) is 2.18. The van der Waals surface area contributed by atoms with Gasteiger partial charge in [-0.15, -0.1) is 0 Å². The Hall–Kier alpha value is -0.570. The molecule has 0 radical (unpaired) electrons. The lowest BCUT2D eigenvalue weighted by Gasteiger charge is -2.24. The first-order valence-corrected chi connectivity index (χ1v) is 7.01. The van der Waals surface area contributed by atoms with Crippen molar-refractivity contribution in [3.8, 4) is 0 Å². The average molecular weight is 241 g/mol. The van der Waals surface area contributed by atoms with Gasteiger partial charge in [0.1, 0.15) is 0 Å². The van der Waals surface area contributed by atoms with E-state index in [4.69, 9.17) is 4.74 Å². The van der Waals surface area contributed by atoms with Crippen LogP contribution in [0.3, 0.4) is 0 Å². The van der Waals surface area contributed by atoms with Crippen molar-refractivity contribution < 1.29 is 9.53 Å². The lowest BCUT2D eigenvalue weighted by molar-refractivity contribution is -0.143. The summed E-state index contributed by atoms with van der Waals surface area (Å²) in [4.78, 5) is 13.6. The van der Waals surface area contributed by atoms with E-state index in [1.165, 1.54) is 19.3 Å². The number of carbonyl (C=O) groups excluding carboxylic acids is 1. The summed E-state index contributed by atoms with van der Waals surface area (Å²) in [6.45, 7) is 5.84. The molecule has 0 aliphatic heterocycles. The van der Waals surface area contributed by atoms with E-state index in [9.17, 15) is 4.79 Å². The fourth-order valence-corrected chi connectivity index (χ4v) is 2.18. The van der Waals surface area contributed by atoms with Gasteiger partial charge in [0.25, 0.3) is 0 Å². The second kappa shape index (κ2) is 7.70. The van der Waals surface area contributed by atoms with E-state index in [2.05, 4.69) is 18.9 Å². The van der Waals surface area contributed by atoms with E-state index < -0.39 is 0 Å². The number of esters is 1. The summed E-state index contributed by atoms with van der Waals surface area (Å²) in [5, 5.41) is 0. The van der Waals surface area contributed by atoms with Crippen LogP contribution in [-0.2, 0) is 9.53 Å². The molecule has 0 aromatic rings. The minimum Gasteiger partial charge on any atom is -0.466 e. The van der Waals surface area contributed by atoms with Crippen LogP contribution < -0.4 is 0 Å². The van der Waals surface area contributed by atoms with Crippen LogP contribution in [0.2, 0.25) is 0 Å². The lowest BCUT2D eigenvalue weighted by atomic mass is 10.1. The molecule has 0 heterocycles. The second-order valence-corrected chi connectivity index (χ2v) is 5.17. The van der Waals surface area contributed by atoms with Crippen molar-refractivity contribution in [2.24, 2.45) is 5.92 Å². The van der Waals surface area contributed by atoms with Crippen molar-refractivity contribution in [3.05, 3.63) is 0 Å². The molecule has 0 aromatic carbocycles. The van der Waals surface area contributed by atoms with Crippen molar-refractivity contribution in [3.63, 3.8) is 0 Å².